The van der Waals surface area contributed by atoms with Crippen molar-refractivity contribution in [3.63, 3.8) is 0 Å². The molecule has 0 saturated carbocycles. The van der Waals surface area contributed by atoms with E-state index in [4.69, 9.17) is 16.3 Å². The topological polar surface area (TPSA) is 98.7 Å². The maximum Gasteiger partial charge on any atom is 0.332 e. The minimum absolute atomic E-state index is 0.345. The SMILES string of the molecule is COc1ccc(Cl)cc1NCCN1N=C(C)Cn2c1nc1c2c(=O)n(C)c(=O)n1C. The molecule has 0 unspecified atom stereocenters. The number of aryl methyl sites for hydroxylation is 1. The van der Waals surface area contributed by atoms with Crippen molar-refractivity contribution in [2.75, 3.05) is 30.5 Å². The lowest BCUT2D eigenvalue weighted by atomic mass is 10.3. The molecule has 2 aromatic heterocycles. The minimum atomic E-state index is -0.415. The van der Waals surface area contributed by atoms with E-state index in [-0.39, 0.29) is 5.56 Å². The summed E-state index contributed by atoms with van der Waals surface area (Å²) in [6.07, 6.45) is 0. The highest BCUT2D eigenvalue weighted by Gasteiger charge is 2.25. The first-order valence-electron chi connectivity index (χ1n) is 9.37. The zero-order valence-electron chi connectivity index (χ0n) is 17.1. The van der Waals surface area contributed by atoms with Gasteiger partial charge in [-0.25, -0.2) is 9.80 Å². The number of nitrogens with one attached hydrogen (secondary N) is 1. The van der Waals surface area contributed by atoms with E-state index >= 15 is 0 Å². The molecule has 158 valence electrons. The van der Waals surface area contributed by atoms with Crippen LogP contribution in [0.25, 0.3) is 11.2 Å². The number of methoxy groups -OCH3 is 1. The van der Waals surface area contributed by atoms with Gasteiger partial charge in [-0.05, 0) is 25.1 Å². The van der Waals surface area contributed by atoms with Gasteiger partial charge in [0.05, 0.1) is 31.6 Å². The minimum Gasteiger partial charge on any atom is -0.495 e. The van der Waals surface area contributed by atoms with Crippen molar-refractivity contribution < 1.29 is 4.74 Å². The number of nitrogens with zero attached hydrogens (tertiary/aromatic N) is 6. The number of rotatable bonds is 5. The highest BCUT2D eigenvalue weighted by molar-refractivity contribution is 6.30. The quantitative estimate of drug-likeness (QED) is 0.655. The number of hydrogen-bond donors (Lipinski definition) is 1. The Hall–Kier alpha value is -3.27. The summed E-state index contributed by atoms with van der Waals surface area (Å²) in [5, 5.41) is 10.2. The second-order valence-corrected chi connectivity index (χ2v) is 7.54. The summed E-state index contributed by atoms with van der Waals surface area (Å²) < 4.78 is 9.63. The van der Waals surface area contributed by atoms with Crippen molar-refractivity contribution in [3.05, 3.63) is 44.1 Å². The maximum absolute atomic E-state index is 12.7. The van der Waals surface area contributed by atoms with Crippen LogP contribution in [-0.2, 0) is 20.6 Å². The molecular formula is C19H22ClN7O3. The van der Waals surface area contributed by atoms with Gasteiger partial charge in [0.1, 0.15) is 5.75 Å². The van der Waals surface area contributed by atoms with E-state index in [1.54, 1.807) is 41.9 Å². The first-order chi connectivity index (χ1) is 14.3. The zero-order chi connectivity index (χ0) is 21.6. The highest BCUT2D eigenvalue weighted by atomic mass is 35.5. The maximum atomic E-state index is 12.7. The van der Waals surface area contributed by atoms with Gasteiger partial charge in [-0.2, -0.15) is 10.1 Å². The molecule has 1 N–H and O–H groups in total. The molecule has 0 radical (unpaired) electrons. The first kappa shape index (κ1) is 20.0. The summed E-state index contributed by atoms with van der Waals surface area (Å²) in [5.74, 6) is 1.21. The fourth-order valence-electron chi connectivity index (χ4n) is 3.56. The van der Waals surface area contributed by atoms with E-state index < -0.39 is 5.69 Å². The van der Waals surface area contributed by atoms with Gasteiger partial charge in [-0.15, -0.1) is 0 Å². The zero-order valence-corrected chi connectivity index (χ0v) is 17.9. The lowest BCUT2D eigenvalue weighted by Gasteiger charge is -2.25. The van der Waals surface area contributed by atoms with E-state index in [9.17, 15) is 9.59 Å². The summed E-state index contributed by atoms with van der Waals surface area (Å²) in [7, 11) is 4.67. The van der Waals surface area contributed by atoms with Crippen LogP contribution >= 0.6 is 11.6 Å². The number of benzene rings is 1. The monoisotopic (exact) mass is 431 g/mol. The Morgan fingerprint density at radius 3 is 2.73 bits per heavy atom. The molecule has 3 aromatic rings. The Morgan fingerprint density at radius 1 is 1.23 bits per heavy atom. The van der Waals surface area contributed by atoms with Crippen LogP contribution in [0.4, 0.5) is 11.6 Å². The van der Waals surface area contributed by atoms with Crippen LogP contribution in [0.2, 0.25) is 5.02 Å². The van der Waals surface area contributed by atoms with Gasteiger partial charge in [-0.3, -0.25) is 18.5 Å². The van der Waals surface area contributed by atoms with Crippen molar-refractivity contribution in [2.45, 2.75) is 13.5 Å². The molecule has 0 saturated heterocycles. The Balaban J connectivity index is 1.67. The third kappa shape index (κ3) is 3.22. The average Bonchev–Trinajstić information content (AvgIpc) is 3.10. The molecule has 10 nitrogen and oxygen atoms in total. The second kappa shape index (κ2) is 7.52. The molecule has 30 heavy (non-hydrogen) atoms. The standard InChI is InChI=1S/C19H22ClN7O3/c1-11-10-26-15-16(24(2)19(29)25(3)17(15)28)22-18(26)27(23-11)8-7-21-13-9-12(20)5-6-14(13)30-4/h5-6,9,21H,7-8,10H2,1-4H3. The number of ether oxygens (including phenoxy) is 1. The molecule has 0 bridgehead atoms. The molecule has 0 atom stereocenters. The molecule has 1 aliphatic rings. The largest absolute Gasteiger partial charge is 0.495 e. The van der Waals surface area contributed by atoms with Crippen molar-refractivity contribution in [2.24, 2.45) is 19.2 Å². The summed E-state index contributed by atoms with van der Waals surface area (Å²) >= 11 is 6.09. The first-order valence-corrected chi connectivity index (χ1v) is 9.75. The Morgan fingerprint density at radius 2 is 2.00 bits per heavy atom. The Bertz CT molecular complexity index is 1290. The van der Waals surface area contributed by atoms with Gasteiger partial charge >= 0.3 is 5.69 Å². The van der Waals surface area contributed by atoms with Gasteiger partial charge in [0, 0.05) is 25.7 Å². The predicted octanol–water partition coefficient (Wildman–Crippen LogP) is 1.40. The molecule has 1 aliphatic heterocycles. The predicted molar refractivity (Wildman–Crippen MR) is 117 cm³/mol. The summed E-state index contributed by atoms with van der Waals surface area (Å²) in [4.78, 5) is 29.6. The van der Waals surface area contributed by atoms with E-state index in [1.807, 2.05) is 6.92 Å². The van der Waals surface area contributed by atoms with Crippen LogP contribution in [0.1, 0.15) is 6.92 Å². The van der Waals surface area contributed by atoms with Gasteiger partial charge in [0.25, 0.3) is 5.56 Å². The van der Waals surface area contributed by atoms with Crippen molar-refractivity contribution in [3.8, 4) is 5.75 Å². The molecule has 1 aromatic carbocycles. The molecule has 0 amide bonds. The smallest absolute Gasteiger partial charge is 0.332 e. The van der Waals surface area contributed by atoms with Gasteiger partial charge in [0.15, 0.2) is 11.2 Å². The average molecular weight is 432 g/mol. The van der Waals surface area contributed by atoms with Crippen LogP contribution in [0.3, 0.4) is 0 Å². The normalized spacial score (nSPS) is 13.4. The fraction of sp³-hybridized carbons (Fsp3) is 0.368. The van der Waals surface area contributed by atoms with Gasteiger partial charge < -0.3 is 10.1 Å². The fourth-order valence-corrected chi connectivity index (χ4v) is 3.73. The number of fused-ring (bicyclic) bond motifs is 3. The third-order valence-electron chi connectivity index (χ3n) is 5.04. The van der Waals surface area contributed by atoms with E-state index in [0.717, 1.165) is 16.0 Å². The molecule has 4 rings (SSSR count). The second-order valence-electron chi connectivity index (χ2n) is 7.11. The number of imidazole rings is 1. The summed E-state index contributed by atoms with van der Waals surface area (Å²) in [6, 6.07) is 5.35. The summed E-state index contributed by atoms with van der Waals surface area (Å²) in [5.41, 5.74) is 1.55. The molecule has 0 spiro atoms. The van der Waals surface area contributed by atoms with Crippen LogP contribution in [0, 0.1) is 0 Å². The number of hydrogen-bond acceptors (Lipinski definition) is 7. The van der Waals surface area contributed by atoms with E-state index in [2.05, 4.69) is 15.4 Å². The van der Waals surface area contributed by atoms with E-state index in [0.29, 0.717) is 47.5 Å². The number of hydrazone groups is 1. The van der Waals surface area contributed by atoms with Crippen LogP contribution in [0.15, 0.2) is 32.9 Å². The number of halogens is 1. The molecule has 11 heteroatoms. The van der Waals surface area contributed by atoms with E-state index in [1.165, 1.54) is 11.6 Å². The van der Waals surface area contributed by atoms with Crippen molar-refractivity contribution in [1.29, 1.82) is 0 Å². The molecule has 3 heterocycles. The molecule has 0 aliphatic carbocycles. The van der Waals surface area contributed by atoms with Crippen LogP contribution < -0.4 is 26.3 Å². The lowest BCUT2D eigenvalue weighted by molar-refractivity contribution is 0.416. The van der Waals surface area contributed by atoms with Crippen LogP contribution in [0.5, 0.6) is 5.75 Å². The Labute approximate surface area is 176 Å². The van der Waals surface area contributed by atoms with Gasteiger partial charge in [0.2, 0.25) is 5.95 Å². The Kier molecular flexibility index (Phi) is 5.02. The molecular weight excluding hydrogens is 410 g/mol. The van der Waals surface area contributed by atoms with Crippen LogP contribution in [-0.4, -0.2) is 44.6 Å². The summed E-state index contributed by atoms with van der Waals surface area (Å²) in [6.45, 7) is 3.32. The van der Waals surface area contributed by atoms with Crippen molar-refractivity contribution >= 4 is 40.1 Å². The number of anilines is 2. The third-order valence-corrected chi connectivity index (χ3v) is 5.27. The van der Waals surface area contributed by atoms with Crippen molar-refractivity contribution in [1.82, 2.24) is 18.7 Å². The van der Waals surface area contributed by atoms with Gasteiger partial charge in [-0.1, -0.05) is 11.6 Å². The lowest BCUT2D eigenvalue weighted by Crippen LogP contribution is -2.38. The highest BCUT2D eigenvalue weighted by Crippen LogP contribution is 2.28. The molecule has 0 fully saturated rings. The number of aromatic nitrogens is 4.